The fraction of sp³-hybridized carbons (Fsp3) is 0.176. The molecule has 4 aromatic carbocycles. The third-order valence-corrected chi connectivity index (χ3v) is 8.92. The van der Waals surface area contributed by atoms with Crippen LogP contribution in [-0.2, 0) is 10.4 Å². The van der Waals surface area contributed by atoms with Gasteiger partial charge < -0.3 is 5.11 Å². The maximum Gasteiger partial charge on any atom is 0.340 e. The van der Waals surface area contributed by atoms with Crippen molar-refractivity contribution in [2.45, 2.75) is 24.9 Å². The number of nitrogens with zero attached hydrogens (tertiary/aromatic N) is 2. The lowest BCUT2D eigenvalue weighted by atomic mass is 9.58. The second-order valence-electron chi connectivity index (χ2n) is 10.6. The van der Waals surface area contributed by atoms with E-state index in [1.165, 1.54) is 9.80 Å². The van der Waals surface area contributed by atoms with Crippen LogP contribution >= 0.6 is 12.2 Å². The van der Waals surface area contributed by atoms with Crippen molar-refractivity contribution in [2.24, 2.45) is 11.3 Å². The van der Waals surface area contributed by atoms with Crippen molar-refractivity contribution >= 4 is 46.3 Å². The molecule has 4 aromatic rings. The van der Waals surface area contributed by atoms with E-state index in [4.69, 9.17) is 12.2 Å². The molecule has 204 valence electrons. The monoisotopic (exact) mass is 560 g/mol. The van der Waals surface area contributed by atoms with Gasteiger partial charge in [-0.05, 0) is 49.1 Å². The summed E-state index contributed by atoms with van der Waals surface area (Å²) in [5, 5.41) is 12.3. The summed E-state index contributed by atoms with van der Waals surface area (Å²) in [5.41, 5.74) is -0.926. The minimum Gasteiger partial charge on any atom is -0.384 e. The van der Waals surface area contributed by atoms with Crippen LogP contribution in [0.3, 0.4) is 0 Å². The molecule has 1 heterocycles. The second kappa shape index (κ2) is 10.5. The predicted molar refractivity (Wildman–Crippen MR) is 162 cm³/mol. The van der Waals surface area contributed by atoms with Gasteiger partial charge in [-0.1, -0.05) is 109 Å². The molecule has 0 bridgehead atoms. The first-order valence-corrected chi connectivity index (χ1v) is 14.0. The van der Waals surface area contributed by atoms with E-state index in [-0.39, 0.29) is 30.0 Å². The summed E-state index contributed by atoms with van der Waals surface area (Å²) in [5.74, 6) is -1.75. The summed E-state index contributed by atoms with van der Waals surface area (Å²) in [4.78, 5) is 45.4. The lowest BCUT2D eigenvalue weighted by Crippen LogP contribution is -2.68. The fourth-order valence-electron chi connectivity index (χ4n) is 6.17. The average Bonchev–Trinajstić information content (AvgIpc) is 3.02. The molecule has 0 aromatic heterocycles. The molecule has 41 heavy (non-hydrogen) atoms. The minimum absolute atomic E-state index is 0.0518. The lowest BCUT2D eigenvalue weighted by molar-refractivity contribution is -0.131. The molecule has 1 aliphatic carbocycles. The van der Waals surface area contributed by atoms with Crippen LogP contribution in [0.2, 0.25) is 0 Å². The first-order valence-electron chi connectivity index (χ1n) is 13.6. The summed E-state index contributed by atoms with van der Waals surface area (Å²) in [7, 11) is 0. The quantitative estimate of drug-likeness (QED) is 0.221. The molecule has 6 nitrogen and oxygen atoms in total. The highest BCUT2D eigenvalue weighted by molar-refractivity contribution is 7.81. The molecular weight excluding hydrogens is 532 g/mol. The largest absolute Gasteiger partial charge is 0.384 e. The molecule has 1 spiro atoms. The van der Waals surface area contributed by atoms with E-state index in [1.807, 2.05) is 36.4 Å². The van der Waals surface area contributed by atoms with E-state index in [1.54, 1.807) is 84.9 Å². The zero-order valence-electron chi connectivity index (χ0n) is 22.2. The van der Waals surface area contributed by atoms with Crippen molar-refractivity contribution in [1.29, 1.82) is 0 Å². The number of ketones is 1. The van der Waals surface area contributed by atoms with Gasteiger partial charge in [0.05, 0.1) is 22.9 Å². The van der Waals surface area contributed by atoms with Gasteiger partial charge in [-0.15, -0.1) is 0 Å². The molecule has 3 atom stereocenters. The fourth-order valence-corrected chi connectivity index (χ4v) is 6.63. The van der Waals surface area contributed by atoms with Gasteiger partial charge in [0.15, 0.2) is 5.78 Å². The highest BCUT2D eigenvalue weighted by Crippen LogP contribution is 2.54. The Kier molecular flexibility index (Phi) is 6.85. The summed E-state index contributed by atoms with van der Waals surface area (Å²) in [6.45, 7) is 0. The molecule has 1 saturated heterocycles. The Balaban J connectivity index is 1.52. The molecule has 7 heteroatoms. The van der Waals surface area contributed by atoms with E-state index in [0.717, 1.165) is 0 Å². The van der Waals surface area contributed by atoms with Crippen molar-refractivity contribution in [3.8, 4) is 0 Å². The lowest BCUT2D eigenvalue weighted by Gasteiger charge is -2.52. The topological polar surface area (TPSA) is 77.9 Å². The maximum absolute atomic E-state index is 14.6. The molecule has 2 fully saturated rings. The Hall–Kier alpha value is -4.46. The number of hydrogen-bond donors (Lipinski definition) is 1. The number of carbonyl (C=O) groups excluding carboxylic acids is 3. The van der Waals surface area contributed by atoms with Gasteiger partial charge in [0, 0.05) is 5.56 Å². The number of Topliss-reactive ketones (excluding diaryl/α,β-unsaturated/α-hetero) is 1. The molecule has 1 saturated carbocycles. The molecule has 3 amide bonds. The number of urea groups is 1. The van der Waals surface area contributed by atoms with E-state index >= 15 is 0 Å². The first-order chi connectivity index (χ1) is 19.9. The molecule has 0 radical (unpaired) electrons. The molecule has 6 rings (SSSR count). The summed E-state index contributed by atoms with van der Waals surface area (Å²) in [6.07, 6.45) is 0.212. The number of amides is 3. The zero-order chi connectivity index (χ0) is 28.6. The number of anilines is 2. The number of imide groups is 1. The molecule has 3 unspecified atom stereocenters. The number of aliphatic hydroxyl groups is 1. The third-order valence-electron chi connectivity index (χ3n) is 8.35. The number of para-hydroxylation sites is 2. The zero-order valence-corrected chi connectivity index (χ0v) is 23.0. The van der Waals surface area contributed by atoms with Crippen LogP contribution in [0.4, 0.5) is 16.2 Å². The summed E-state index contributed by atoms with van der Waals surface area (Å²) < 4.78 is 0. The van der Waals surface area contributed by atoms with Crippen LogP contribution in [0.5, 0.6) is 0 Å². The Bertz CT molecular complexity index is 1550. The normalized spacial score (nSPS) is 24.5. The maximum atomic E-state index is 14.6. The van der Waals surface area contributed by atoms with Crippen molar-refractivity contribution in [3.05, 3.63) is 132 Å². The van der Waals surface area contributed by atoms with Crippen molar-refractivity contribution in [3.63, 3.8) is 0 Å². The van der Waals surface area contributed by atoms with Crippen LogP contribution < -0.4 is 9.80 Å². The third kappa shape index (κ3) is 4.38. The first kappa shape index (κ1) is 26.7. The van der Waals surface area contributed by atoms with Gasteiger partial charge in [0.25, 0.3) is 0 Å². The Morgan fingerprint density at radius 3 is 1.76 bits per heavy atom. The van der Waals surface area contributed by atoms with Crippen LogP contribution in [0, 0.1) is 11.3 Å². The van der Waals surface area contributed by atoms with Gasteiger partial charge in [-0.3, -0.25) is 14.5 Å². The van der Waals surface area contributed by atoms with Crippen LogP contribution in [-0.4, -0.2) is 27.8 Å². The number of hydrogen-bond acceptors (Lipinski definition) is 5. The highest BCUT2D eigenvalue weighted by atomic mass is 32.1. The van der Waals surface area contributed by atoms with Crippen LogP contribution in [0.15, 0.2) is 121 Å². The van der Waals surface area contributed by atoms with Crippen LogP contribution in [0.1, 0.15) is 35.2 Å². The van der Waals surface area contributed by atoms with Crippen molar-refractivity contribution < 1.29 is 19.5 Å². The van der Waals surface area contributed by atoms with E-state index < -0.39 is 28.9 Å². The molecule has 1 N–H and O–H groups in total. The SMILES string of the molecule is O=C(c1ccccc1)C1CC2(CCC1(O)c1ccccc1)C(=O)N(c1ccccc1)C(=O)N(c1ccccc1)C2=S. The molecular formula is C34H28N2O4S. The highest BCUT2D eigenvalue weighted by Gasteiger charge is 2.62. The van der Waals surface area contributed by atoms with Crippen molar-refractivity contribution in [1.82, 2.24) is 0 Å². The average molecular weight is 561 g/mol. The van der Waals surface area contributed by atoms with Gasteiger partial charge in [0.2, 0.25) is 5.91 Å². The number of thiocarbonyl (C=S) groups is 1. The molecule has 2 aliphatic rings. The number of rotatable bonds is 5. The second-order valence-corrected chi connectivity index (χ2v) is 11.0. The summed E-state index contributed by atoms with van der Waals surface area (Å²) >= 11 is 6.01. The Morgan fingerprint density at radius 2 is 1.20 bits per heavy atom. The number of benzene rings is 4. The number of carbonyl (C=O) groups is 3. The smallest absolute Gasteiger partial charge is 0.340 e. The van der Waals surface area contributed by atoms with E-state index in [9.17, 15) is 19.5 Å². The minimum atomic E-state index is -1.54. The van der Waals surface area contributed by atoms with E-state index in [2.05, 4.69) is 0 Å². The molecule has 1 aliphatic heterocycles. The van der Waals surface area contributed by atoms with Gasteiger partial charge in [-0.25, -0.2) is 9.69 Å². The van der Waals surface area contributed by atoms with Gasteiger partial charge in [0.1, 0.15) is 10.4 Å². The Labute approximate surface area is 243 Å². The summed E-state index contributed by atoms with van der Waals surface area (Å²) in [6, 6.07) is 35.1. The van der Waals surface area contributed by atoms with E-state index in [0.29, 0.717) is 22.5 Å². The predicted octanol–water partition coefficient (Wildman–Crippen LogP) is 6.54. The van der Waals surface area contributed by atoms with Crippen molar-refractivity contribution in [2.75, 3.05) is 9.80 Å². The standard InChI is InChI=1S/C34H28N2O4S/c37-29(24-13-5-1-6-14-24)28-23-33(21-22-34(28,40)25-15-7-2-8-16-25)30(38)35(26-17-9-3-10-18-26)32(39)36(31(33)41)27-19-11-4-12-20-27/h1-20,28,40H,21-23H2. The van der Waals surface area contributed by atoms with Gasteiger partial charge in [-0.2, -0.15) is 0 Å². The van der Waals surface area contributed by atoms with Gasteiger partial charge >= 0.3 is 6.03 Å². The Morgan fingerprint density at radius 1 is 0.707 bits per heavy atom. The van der Waals surface area contributed by atoms with Crippen LogP contribution in [0.25, 0.3) is 0 Å².